The van der Waals surface area contributed by atoms with Crippen molar-refractivity contribution in [2.45, 2.75) is 13.1 Å². The molecule has 0 spiro atoms. The van der Waals surface area contributed by atoms with Crippen LogP contribution < -0.4 is 4.90 Å². The number of nitrogens with one attached hydrogen (secondary N) is 1. The van der Waals surface area contributed by atoms with Crippen molar-refractivity contribution in [1.29, 1.82) is 0 Å². The normalized spacial score (nSPS) is 16.0. The largest absolute Gasteiger partial charge is 0.416 e. The molecule has 3 heterocycles. The zero-order chi connectivity index (χ0) is 20.8. The van der Waals surface area contributed by atoms with Crippen LogP contribution in [0.3, 0.4) is 0 Å². The molecule has 0 saturated carbocycles. The van der Waals surface area contributed by atoms with Gasteiger partial charge >= 0.3 is 6.18 Å². The third-order valence-electron chi connectivity index (χ3n) is 5.09. The van der Waals surface area contributed by atoms with Crippen LogP contribution in [0.2, 0.25) is 0 Å². The van der Waals surface area contributed by atoms with Gasteiger partial charge in [0.15, 0.2) is 0 Å². The van der Waals surface area contributed by atoms with E-state index in [4.69, 9.17) is 0 Å². The van der Waals surface area contributed by atoms with Crippen molar-refractivity contribution in [2.24, 2.45) is 0 Å². The van der Waals surface area contributed by atoms with Gasteiger partial charge in [-0.3, -0.25) is 5.10 Å². The molecular formula is C19H19F4N5S. The zero-order valence-electron chi connectivity index (χ0n) is 15.8. The fraction of sp³-hybridized carbons (Fsp3) is 0.368. The van der Waals surface area contributed by atoms with Gasteiger partial charge in [0.05, 0.1) is 11.1 Å². The van der Waals surface area contributed by atoms with Crippen LogP contribution in [-0.2, 0) is 6.18 Å². The lowest BCUT2D eigenvalue weighted by atomic mass is 10.0. The Hall–Kier alpha value is -2.33. The topological polar surface area (TPSA) is 48.0 Å². The molecule has 1 saturated heterocycles. The van der Waals surface area contributed by atoms with Crippen LogP contribution in [0.1, 0.15) is 11.1 Å². The Morgan fingerprint density at radius 1 is 1.10 bits per heavy atom. The van der Waals surface area contributed by atoms with E-state index in [-0.39, 0.29) is 16.8 Å². The summed E-state index contributed by atoms with van der Waals surface area (Å²) in [5.41, 5.74) is -0.447. The Bertz CT molecular complexity index is 1040. The van der Waals surface area contributed by atoms with Gasteiger partial charge in [-0.25, -0.2) is 13.7 Å². The average Bonchev–Trinajstić information content (AvgIpc) is 3.12. The standard InChI is InChI=1S/C19H19F4N5S/c1-11-7-12(19(21,22)23)8-13(17(11)20)18-14-10-24-16(9-15(14)25-26-18)27-3-5-28(29-2)6-4-27/h7-10H,3-6H2,1-2H3,(H,25,26). The molecule has 1 fully saturated rings. The number of benzene rings is 1. The van der Waals surface area contributed by atoms with Gasteiger partial charge in [0, 0.05) is 49.4 Å². The zero-order valence-corrected chi connectivity index (χ0v) is 16.7. The molecule has 0 atom stereocenters. The SMILES string of the molecule is CSN1CCN(c2cc3[nH]nc(-c4cc(C(F)(F)F)cc(C)c4F)c3cn2)CC1. The van der Waals surface area contributed by atoms with Crippen molar-refractivity contribution in [1.82, 2.24) is 19.5 Å². The van der Waals surface area contributed by atoms with Gasteiger partial charge in [0.2, 0.25) is 0 Å². The molecular weight excluding hydrogens is 406 g/mol. The maximum Gasteiger partial charge on any atom is 0.416 e. The first kappa shape index (κ1) is 20.0. The third-order valence-corrected chi connectivity index (χ3v) is 5.97. The number of aromatic amines is 1. The summed E-state index contributed by atoms with van der Waals surface area (Å²) >= 11 is 1.71. The van der Waals surface area contributed by atoms with Gasteiger partial charge in [0.1, 0.15) is 17.3 Å². The Morgan fingerprint density at radius 3 is 2.48 bits per heavy atom. The summed E-state index contributed by atoms with van der Waals surface area (Å²) in [7, 11) is 0. The Labute approximate surface area is 169 Å². The number of rotatable bonds is 3. The molecule has 5 nitrogen and oxygen atoms in total. The number of halogens is 4. The smallest absolute Gasteiger partial charge is 0.354 e. The maximum atomic E-state index is 14.6. The summed E-state index contributed by atoms with van der Waals surface area (Å²) in [6, 6.07) is 3.41. The molecule has 29 heavy (non-hydrogen) atoms. The number of aryl methyl sites for hydroxylation is 1. The van der Waals surface area contributed by atoms with Gasteiger partial charge in [-0.05, 0) is 30.9 Å². The van der Waals surface area contributed by atoms with E-state index >= 15 is 0 Å². The second-order valence-corrected chi connectivity index (χ2v) is 7.79. The predicted octanol–water partition coefficient (Wildman–Crippen LogP) is 4.49. The summed E-state index contributed by atoms with van der Waals surface area (Å²) < 4.78 is 56.4. The number of alkyl halides is 3. The molecule has 10 heteroatoms. The molecule has 1 aliphatic rings. The molecule has 1 aliphatic heterocycles. The predicted molar refractivity (Wildman–Crippen MR) is 106 cm³/mol. The molecule has 0 radical (unpaired) electrons. The van der Waals surface area contributed by atoms with Gasteiger partial charge in [-0.1, -0.05) is 11.9 Å². The lowest BCUT2D eigenvalue weighted by molar-refractivity contribution is -0.137. The molecule has 2 aromatic heterocycles. The number of fused-ring (bicyclic) bond motifs is 1. The van der Waals surface area contributed by atoms with Crippen LogP contribution >= 0.6 is 11.9 Å². The lowest BCUT2D eigenvalue weighted by Crippen LogP contribution is -2.43. The van der Waals surface area contributed by atoms with Crippen LogP contribution in [0.4, 0.5) is 23.4 Å². The number of anilines is 1. The monoisotopic (exact) mass is 425 g/mol. The van der Waals surface area contributed by atoms with Crippen molar-refractivity contribution in [2.75, 3.05) is 37.3 Å². The molecule has 1 N–H and O–H groups in total. The van der Waals surface area contributed by atoms with E-state index < -0.39 is 17.6 Å². The number of H-pyrrole nitrogens is 1. The summed E-state index contributed by atoms with van der Waals surface area (Å²) in [5.74, 6) is 0.0396. The van der Waals surface area contributed by atoms with Crippen molar-refractivity contribution in [3.63, 3.8) is 0 Å². The van der Waals surface area contributed by atoms with Crippen molar-refractivity contribution >= 4 is 28.7 Å². The first-order chi connectivity index (χ1) is 13.8. The molecule has 0 bridgehead atoms. The van der Waals surface area contributed by atoms with Crippen molar-refractivity contribution in [3.8, 4) is 11.3 Å². The first-order valence-electron chi connectivity index (χ1n) is 9.04. The average molecular weight is 425 g/mol. The van der Waals surface area contributed by atoms with E-state index in [9.17, 15) is 17.6 Å². The summed E-state index contributed by atoms with van der Waals surface area (Å²) in [5, 5.41) is 7.39. The molecule has 0 aliphatic carbocycles. The minimum Gasteiger partial charge on any atom is -0.354 e. The van der Waals surface area contributed by atoms with E-state index in [0.717, 1.165) is 44.1 Å². The Morgan fingerprint density at radius 2 is 1.83 bits per heavy atom. The van der Waals surface area contributed by atoms with Crippen LogP contribution in [-0.4, -0.2) is 51.9 Å². The fourth-order valence-electron chi connectivity index (χ4n) is 3.49. The minimum absolute atomic E-state index is 0.0813. The molecule has 0 unspecified atom stereocenters. The highest BCUT2D eigenvalue weighted by Gasteiger charge is 2.32. The number of hydrogen-bond donors (Lipinski definition) is 1. The van der Waals surface area contributed by atoms with Crippen LogP contribution in [0.15, 0.2) is 24.4 Å². The van der Waals surface area contributed by atoms with E-state index in [1.54, 1.807) is 24.2 Å². The van der Waals surface area contributed by atoms with Crippen molar-refractivity contribution in [3.05, 3.63) is 41.3 Å². The second kappa shape index (κ2) is 7.49. The second-order valence-electron chi connectivity index (χ2n) is 6.91. The number of nitrogens with zero attached hydrogens (tertiary/aromatic N) is 4. The quantitative estimate of drug-likeness (QED) is 0.495. The molecule has 4 rings (SSSR count). The Balaban J connectivity index is 1.71. The van der Waals surface area contributed by atoms with E-state index in [1.165, 1.54) is 6.92 Å². The molecule has 1 aromatic carbocycles. The summed E-state index contributed by atoms with van der Waals surface area (Å²) in [6.45, 7) is 4.77. The minimum atomic E-state index is -4.57. The number of aromatic nitrogens is 3. The van der Waals surface area contributed by atoms with Gasteiger partial charge in [0.25, 0.3) is 0 Å². The highest BCUT2D eigenvalue weighted by Crippen LogP contribution is 2.37. The van der Waals surface area contributed by atoms with E-state index in [0.29, 0.717) is 10.9 Å². The lowest BCUT2D eigenvalue weighted by Gasteiger charge is -2.33. The number of pyridine rings is 1. The summed E-state index contributed by atoms with van der Waals surface area (Å²) in [6.07, 6.45) is -0.982. The van der Waals surface area contributed by atoms with Crippen LogP contribution in [0.5, 0.6) is 0 Å². The fourth-order valence-corrected chi connectivity index (χ4v) is 4.01. The van der Waals surface area contributed by atoms with Gasteiger partial charge in [-0.2, -0.15) is 18.3 Å². The number of piperazine rings is 1. The molecule has 0 amide bonds. The van der Waals surface area contributed by atoms with Gasteiger partial charge < -0.3 is 4.90 Å². The Kier molecular flexibility index (Phi) is 5.16. The highest BCUT2D eigenvalue weighted by molar-refractivity contribution is 7.96. The van der Waals surface area contributed by atoms with Crippen LogP contribution in [0, 0.1) is 12.7 Å². The highest BCUT2D eigenvalue weighted by atomic mass is 32.2. The van der Waals surface area contributed by atoms with Gasteiger partial charge in [-0.15, -0.1) is 0 Å². The third kappa shape index (κ3) is 3.78. The van der Waals surface area contributed by atoms with Crippen LogP contribution in [0.25, 0.3) is 22.2 Å². The summed E-state index contributed by atoms with van der Waals surface area (Å²) in [4.78, 5) is 6.60. The maximum absolute atomic E-state index is 14.6. The first-order valence-corrected chi connectivity index (χ1v) is 10.2. The van der Waals surface area contributed by atoms with E-state index in [1.807, 2.05) is 6.26 Å². The van der Waals surface area contributed by atoms with E-state index in [2.05, 4.69) is 24.4 Å². The molecule has 154 valence electrons. The number of hydrogen-bond acceptors (Lipinski definition) is 5. The van der Waals surface area contributed by atoms with Crippen molar-refractivity contribution < 1.29 is 17.6 Å². The molecule has 3 aromatic rings.